The highest BCUT2D eigenvalue weighted by Gasteiger charge is 2.55. The van der Waals surface area contributed by atoms with Crippen molar-refractivity contribution in [2.24, 2.45) is 12.5 Å². The normalized spacial score (nSPS) is 18.1. The van der Waals surface area contributed by atoms with Gasteiger partial charge in [0.25, 0.3) is 0 Å². The molecular formula is C27H26N8O2. The standard InChI is InChI=1S/C27H26N8O2/c1-16-9-17(3-6-22(16)37-18-4-5-21-19(10-18)31-15-34(21)2)32-25-24-20(29-14-30-25)11-28-26(33-24)35-12-23(36)27(13-35)7-8-27/h3-6,9-11,14-15,23,36H,7-8,12-13H2,1-2H3,(H,29,30,32)/t23-/m0/s1. The van der Waals surface area contributed by atoms with Gasteiger partial charge in [0.1, 0.15) is 28.9 Å². The molecule has 37 heavy (non-hydrogen) atoms. The second-order valence-electron chi connectivity index (χ2n) is 10.1. The van der Waals surface area contributed by atoms with E-state index >= 15 is 0 Å². The molecule has 0 radical (unpaired) electrons. The lowest BCUT2D eigenvalue weighted by molar-refractivity contribution is 0.136. The van der Waals surface area contributed by atoms with Gasteiger partial charge in [0, 0.05) is 37.3 Å². The van der Waals surface area contributed by atoms with Crippen LogP contribution in [0.1, 0.15) is 18.4 Å². The van der Waals surface area contributed by atoms with E-state index in [1.54, 1.807) is 12.5 Å². The van der Waals surface area contributed by atoms with Gasteiger partial charge in [-0.2, -0.15) is 0 Å². The van der Waals surface area contributed by atoms with Gasteiger partial charge in [0.2, 0.25) is 5.95 Å². The van der Waals surface area contributed by atoms with E-state index in [4.69, 9.17) is 9.72 Å². The summed E-state index contributed by atoms with van der Waals surface area (Å²) in [5.41, 5.74) is 5.10. The quantitative estimate of drug-likeness (QED) is 0.372. The van der Waals surface area contributed by atoms with E-state index in [-0.39, 0.29) is 11.5 Å². The van der Waals surface area contributed by atoms with Gasteiger partial charge in [-0.25, -0.2) is 24.9 Å². The topological polar surface area (TPSA) is 114 Å². The Kier molecular flexibility index (Phi) is 4.80. The average molecular weight is 495 g/mol. The third-order valence-corrected chi connectivity index (χ3v) is 7.51. The van der Waals surface area contributed by atoms with E-state index in [0.717, 1.165) is 53.2 Å². The summed E-state index contributed by atoms with van der Waals surface area (Å²) in [6.45, 7) is 3.34. The van der Waals surface area contributed by atoms with Crippen LogP contribution in [0.15, 0.2) is 55.2 Å². The van der Waals surface area contributed by atoms with Crippen molar-refractivity contribution in [1.82, 2.24) is 29.5 Å². The maximum absolute atomic E-state index is 10.5. The number of rotatable bonds is 5. The van der Waals surface area contributed by atoms with Gasteiger partial charge in [-0.15, -0.1) is 0 Å². The number of anilines is 3. The van der Waals surface area contributed by atoms with Crippen LogP contribution in [0, 0.1) is 12.3 Å². The molecule has 0 unspecified atom stereocenters. The summed E-state index contributed by atoms with van der Waals surface area (Å²) < 4.78 is 8.14. The molecule has 1 aliphatic heterocycles. The van der Waals surface area contributed by atoms with Gasteiger partial charge < -0.3 is 24.6 Å². The number of aliphatic hydroxyl groups is 1. The molecule has 186 valence electrons. The number of hydrogen-bond donors (Lipinski definition) is 2. The number of ether oxygens (including phenoxy) is 1. The fourth-order valence-electron chi connectivity index (χ4n) is 5.13. The Morgan fingerprint density at radius 1 is 1.05 bits per heavy atom. The van der Waals surface area contributed by atoms with Crippen LogP contribution in [-0.4, -0.2) is 53.8 Å². The lowest BCUT2D eigenvalue weighted by atomic mass is 10.0. The molecule has 2 aromatic carbocycles. The van der Waals surface area contributed by atoms with Crippen LogP contribution in [0.2, 0.25) is 0 Å². The van der Waals surface area contributed by atoms with Crippen molar-refractivity contribution in [2.75, 3.05) is 23.3 Å². The molecule has 1 aliphatic carbocycles. The highest BCUT2D eigenvalue weighted by molar-refractivity contribution is 5.87. The molecule has 0 bridgehead atoms. The molecule has 1 saturated heterocycles. The van der Waals surface area contributed by atoms with Crippen molar-refractivity contribution in [1.29, 1.82) is 0 Å². The van der Waals surface area contributed by atoms with Crippen LogP contribution in [0.3, 0.4) is 0 Å². The predicted molar refractivity (Wildman–Crippen MR) is 140 cm³/mol. The molecule has 1 saturated carbocycles. The molecule has 2 fully saturated rings. The van der Waals surface area contributed by atoms with Crippen LogP contribution in [-0.2, 0) is 7.05 Å². The molecule has 1 spiro atoms. The number of nitrogens with zero attached hydrogens (tertiary/aromatic N) is 7. The lowest BCUT2D eigenvalue weighted by Gasteiger charge is -2.16. The number of hydrogen-bond acceptors (Lipinski definition) is 9. The van der Waals surface area contributed by atoms with Crippen LogP contribution < -0.4 is 15.0 Å². The van der Waals surface area contributed by atoms with Gasteiger partial charge >= 0.3 is 0 Å². The zero-order chi connectivity index (χ0) is 25.1. The van der Waals surface area contributed by atoms with Gasteiger partial charge in [-0.3, -0.25) is 0 Å². The second kappa shape index (κ2) is 8.10. The van der Waals surface area contributed by atoms with Crippen molar-refractivity contribution >= 4 is 39.5 Å². The number of fused-ring (bicyclic) bond motifs is 2. The molecule has 10 heteroatoms. The predicted octanol–water partition coefficient (Wildman–Crippen LogP) is 4.11. The smallest absolute Gasteiger partial charge is 0.226 e. The Morgan fingerprint density at radius 3 is 2.76 bits per heavy atom. The Morgan fingerprint density at radius 2 is 1.95 bits per heavy atom. The number of imidazole rings is 1. The van der Waals surface area contributed by atoms with Crippen molar-refractivity contribution in [3.8, 4) is 11.5 Å². The minimum absolute atomic E-state index is 0.0251. The molecule has 2 N–H and O–H groups in total. The maximum Gasteiger partial charge on any atom is 0.226 e. The largest absolute Gasteiger partial charge is 0.457 e. The molecule has 4 heterocycles. The molecule has 1 atom stereocenters. The summed E-state index contributed by atoms with van der Waals surface area (Å²) in [7, 11) is 1.97. The zero-order valence-corrected chi connectivity index (χ0v) is 20.6. The Labute approximate surface area is 213 Å². The summed E-state index contributed by atoms with van der Waals surface area (Å²) >= 11 is 0. The minimum atomic E-state index is -0.328. The zero-order valence-electron chi connectivity index (χ0n) is 20.6. The van der Waals surface area contributed by atoms with Crippen molar-refractivity contribution in [3.05, 3.63) is 60.8 Å². The van der Waals surface area contributed by atoms with E-state index in [9.17, 15) is 5.11 Å². The first-order valence-corrected chi connectivity index (χ1v) is 12.3. The van der Waals surface area contributed by atoms with Crippen molar-refractivity contribution in [2.45, 2.75) is 25.9 Å². The van der Waals surface area contributed by atoms with Gasteiger partial charge in [0.05, 0.1) is 29.7 Å². The first-order chi connectivity index (χ1) is 18.0. The Balaban J connectivity index is 1.14. The van der Waals surface area contributed by atoms with E-state index in [2.05, 4.69) is 30.2 Å². The van der Waals surface area contributed by atoms with E-state index in [0.29, 0.717) is 29.3 Å². The highest BCUT2D eigenvalue weighted by atomic mass is 16.5. The third kappa shape index (κ3) is 3.80. The van der Waals surface area contributed by atoms with Gasteiger partial charge in [-0.05, 0) is 55.7 Å². The van der Waals surface area contributed by atoms with Crippen LogP contribution in [0.25, 0.3) is 22.1 Å². The highest BCUT2D eigenvalue weighted by Crippen LogP contribution is 2.53. The number of aliphatic hydroxyl groups excluding tert-OH is 1. The first-order valence-electron chi connectivity index (χ1n) is 12.3. The summed E-state index contributed by atoms with van der Waals surface area (Å²) in [5, 5.41) is 13.8. The summed E-state index contributed by atoms with van der Waals surface area (Å²) in [6, 6.07) is 11.8. The molecule has 5 aromatic rings. The van der Waals surface area contributed by atoms with Crippen molar-refractivity contribution in [3.63, 3.8) is 0 Å². The molecular weight excluding hydrogens is 468 g/mol. The van der Waals surface area contributed by atoms with E-state index in [1.807, 2.05) is 54.9 Å². The minimum Gasteiger partial charge on any atom is -0.457 e. The van der Waals surface area contributed by atoms with E-state index in [1.165, 1.54) is 6.33 Å². The molecule has 3 aromatic heterocycles. The van der Waals surface area contributed by atoms with Gasteiger partial charge in [0.15, 0.2) is 5.82 Å². The number of β-amino-alcohol motifs (C(OH)–C–C–N with tert-alkyl or cyclic N) is 1. The monoisotopic (exact) mass is 494 g/mol. The molecule has 10 nitrogen and oxygen atoms in total. The van der Waals surface area contributed by atoms with Crippen LogP contribution in [0.4, 0.5) is 17.5 Å². The molecule has 0 amide bonds. The van der Waals surface area contributed by atoms with Crippen molar-refractivity contribution < 1.29 is 9.84 Å². The number of aromatic nitrogens is 6. The Hall–Kier alpha value is -4.31. The average Bonchev–Trinajstić information content (AvgIpc) is 3.49. The summed E-state index contributed by atoms with van der Waals surface area (Å²) in [5.74, 6) is 2.70. The summed E-state index contributed by atoms with van der Waals surface area (Å²) in [6.07, 6.45) is 6.81. The maximum atomic E-state index is 10.5. The third-order valence-electron chi connectivity index (χ3n) is 7.51. The van der Waals surface area contributed by atoms with Crippen LogP contribution >= 0.6 is 0 Å². The summed E-state index contributed by atoms with van der Waals surface area (Å²) in [4.78, 5) is 24.6. The fourth-order valence-corrected chi connectivity index (χ4v) is 5.13. The second-order valence-corrected chi connectivity index (χ2v) is 10.1. The Bertz CT molecular complexity index is 1660. The molecule has 7 rings (SSSR count). The number of aryl methyl sites for hydroxylation is 2. The van der Waals surface area contributed by atoms with Crippen LogP contribution in [0.5, 0.6) is 11.5 Å². The van der Waals surface area contributed by atoms with E-state index < -0.39 is 0 Å². The lowest BCUT2D eigenvalue weighted by Crippen LogP contribution is -2.23. The SMILES string of the molecule is Cc1cc(Nc2ncnc3cnc(N4C[C@H](O)C5(CC5)C4)nc23)ccc1Oc1ccc2c(c1)ncn2C. The fraction of sp³-hybridized carbons (Fsp3) is 0.296. The number of benzene rings is 2. The number of nitrogens with one attached hydrogen (secondary N) is 1. The van der Waals surface area contributed by atoms with Gasteiger partial charge in [-0.1, -0.05) is 0 Å². The molecule has 2 aliphatic rings. The first kappa shape index (κ1) is 21.9.